The van der Waals surface area contributed by atoms with E-state index in [1.165, 1.54) is 11.8 Å². The van der Waals surface area contributed by atoms with E-state index < -0.39 is 0 Å². The van der Waals surface area contributed by atoms with Gasteiger partial charge in [0.1, 0.15) is 0 Å². The lowest BCUT2D eigenvalue weighted by Crippen LogP contribution is -2.22. The van der Waals surface area contributed by atoms with Gasteiger partial charge in [0.05, 0.1) is 5.25 Å². The molecule has 24 heavy (non-hydrogen) atoms. The van der Waals surface area contributed by atoms with Gasteiger partial charge in [0.15, 0.2) is 5.16 Å². The lowest BCUT2D eigenvalue weighted by atomic mass is 10.1. The Bertz CT molecular complexity index is 869. The Labute approximate surface area is 145 Å². The number of nitrogens with zero attached hydrogens (tertiary/aromatic N) is 2. The minimum atomic E-state index is -0.287. The zero-order chi connectivity index (χ0) is 17.1. The monoisotopic (exact) mass is 337 g/mol. The molecule has 0 aliphatic heterocycles. The van der Waals surface area contributed by atoms with Gasteiger partial charge in [-0.1, -0.05) is 48.2 Å². The highest BCUT2D eigenvalue weighted by molar-refractivity contribution is 8.00. The molecular weight excluding hydrogens is 318 g/mol. The fourth-order valence-electron chi connectivity index (χ4n) is 2.53. The number of benzene rings is 2. The number of fused-ring (bicyclic) bond motifs is 1. The Balaban J connectivity index is 1.76. The normalized spacial score (nSPS) is 12.1. The number of rotatable bonds is 4. The maximum absolute atomic E-state index is 12.5. The fraction of sp³-hybridized carbons (Fsp3) is 0.211. The number of hydrogen-bond acceptors (Lipinski definition) is 4. The van der Waals surface area contributed by atoms with Crippen molar-refractivity contribution in [3.8, 4) is 0 Å². The van der Waals surface area contributed by atoms with Crippen molar-refractivity contribution in [3.05, 3.63) is 59.9 Å². The summed E-state index contributed by atoms with van der Waals surface area (Å²) in [6.07, 6.45) is 0. The molecule has 0 radical (unpaired) electrons. The van der Waals surface area contributed by atoms with Crippen molar-refractivity contribution < 1.29 is 4.79 Å². The summed E-state index contributed by atoms with van der Waals surface area (Å²) in [4.78, 5) is 21.3. The third kappa shape index (κ3) is 3.74. The Morgan fingerprint density at radius 1 is 1.04 bits per heavy atom. The van der Waals surface area contributed by atoms with Crippen molar-refractivity contribution in [1.29, 1.82) is 0 Å². The molecule has 3 aromatic rings. The van der Waals surface area contributed by atoms with Gasteiger partial charge in [-0.3, -0.25) is 4.79 Å². The van der Waals surface area contributed by atoms with E-state index in [4.69, 9.17) is 0 Å². The molecule has 0 fully saturated rings. The van der Waals surface area contributed by atoms with Crippen molar-refractivity contribution in [1.82, 2.24) is 9.97 Å². The summed E-state index contributed by atoms with van der Waals surface area (Å²) in [6, 6.07) is 15.8. The zero-order valence-corrected chi connectivity index (χ0v) is 14.7. The van der Waals surface area contributed by atoms with Gasteiger partial charge < -0.3 is 5.32 Å². The van der Waals surface area contributed by atoms with Crippen molar-refractivity contribution in [2.75, 3.05) is 5.32 Å². The van der Waals surface area contributed by atoms with Crippen molar-refractivity contribution in [3.63, 3.8) is 0 Å². The number of aryl methyl sites for hydroxylation is 2. The van der Waals surface area contributed by atoms with Crippen LogP contribution >= 0.6 is 11.8 Å². The number of hydrogen-bond donors (Lipinski definition) is 1. The minimum Gasteiger partial charge on any atom is -0.325 e. The van der Waals surface area contributed by atoms with Crippen LogP contribution in [0.3, 0.4) is 0 Å². The number of aromatic nitrogens is 2. The number of nitrogens with one attached hydrogen (secondary N) is 1. The Morgan fingerprint density at radius 2 is 1.71 bits per heavy atom. The van der Waals surface area contributed by atoms with Crippen LogP contribution in [0.15, 0.2) is 53.7 Å². The van der Waals surface area contributed by atoms with Crippen LogP contribution in [0.5, 0.6) is 0 Å². The van der Waals surface area contributed by atoms with Gasteiger partial charge in [0, 0.05) is 22.5 Å². The van der Waals surface area contributed by atoms with Gasteiger partial charge in [-0.25, -0.2) is 9.97 Å². The maximum atomic E-state index is 12.5. The SMILES string of the molecule is Cc1cc(C)nc(S[C@@H](C)C(=O)Nc2cccc3ccccc23)n1. The first-order chi connectivity index (χ1) is 11.5. The van der Waals surface area contributed by atoms with E-state index in [0.29, 0.717) is 5.16 Å². The average molecular weight is 337 g/mol. The first kappa shape index (κ1) is 16.5. The molecule has 122 valence electrons. The molecule has 5 heteroatoms. The van der Waals surface area contributed by atoms with E-state index in [2.05, 4.69) is 15.3 Å². The first-order valence-corrected chi connectivity index (χ1v) is 8.68. The second-order valence-corrected chi connectivity index (χ2v) is 7.02. The number of carbonyl (C=O) groups is 1. The van der Waals surface area contributed by atoms with Gasteiger partial charge >= 0.3 is 0 Å². The topological polar surface area (TPSA) is 54.9 Å². The highest BCUT2D eigenvalue weighted by Gasteiger charge is 2.17. The second-order valence-electron chi connectivity index (χ2n) is 5.71. The van der Waals surface area contributed by atoms with Crippen LogP contribution in [0.4, 0.5) is 5.69 Å². The van der Waals surface area contributed by atoms with Crippen LogP contribution in [-0.4, -0.2) is 21.1 Å². The van der Waals surface area contributed by atoms with E-state index in [9.17, 15) is 4.79 Å². The molecule has 1 amide bonds. The van der Waals surface area contributed by atoms with Crippen molar-refractivity contribution in [2.24, 2.45) is 0 Å². The summed E-state index contributed by atoms with van der Waals surface area (Å²) in [6.45, 7) is 5.73. The van der Waals surface area contributed by atoms with Crippen LogP contribution in [0.1, 0.15) is 18.3 Å². The Kier molecular flexibility index (Phi) is 4.81. The van der Waals surface area contributed by atoms with E-state index in [1.54, 1.807) is 0 Å². The minimum absolute atomic E-state index is 0.0564. The van der Waals surface area contributed by atoms with E-state index in [0.717, 1.165) is 27.8 Å². The predicted octanol–water partition coefficient (Wildman–Crippen LogP) is 4.37. The number of amides is 1. The fourth-order valence-corrected chi connectivity index (χ4v) is 3.40. The van der Waals surface area contributed by atoms with Crippen LogP contribution in [-0.2, 0) is 4.79 Å². The third-order valence-corrected chi connectivity index (χ3v) is 4.62. The predicted molar refractivity (Wildman–Crippen MR) is 99.4 cm³/mol. The van der Waals surface area contributed by atoms with E-state index in [-0.39, 0.29) is 11.2 Å². The molecule has 0 aliphatic rings. The van der Waals surface area contributed by atoms with Crippen LogP contribution < -0.4 is 5.32 Å². The highest BCUT2D eigenvalue weighted by Crippen LogP contribution is 2.25. The molecule has 1 aromatic heterocycles. The molecule has 0 spiro atoms. The molecule has 0 saturated carbocycles. The van der Waals surface area contributed by atoms with E-state index in [1.807, 2.05) is 69.3 Å². The maximum Gasteiger partial charge on any atom is 0.237 e. The molecule has 2 aromatic carbocycles. The Morgan fingerprint density at radius 3 is 2.46 bits per heavy atom. The van der Waals surface area contributed by atoms with Gasteiger partial charge in [0.25, 0.3) is 0 Å². The summed E-state index contributed by atoms with van der Waals surface area (Å²) in [7, 11) is 0. The molecule has 0 saturated heterocycles. The van der Waals surface area contributed by atoms with Gasteiger partial charge in [-0.15, -0.1) is 0 Å². The summed E-state index contributed by atoms with van der Waals surface area (Å²) in [5, 5.41) is 5.50. The lowest BCUT2D eigenvalue weighted by Gasteiger charge is -2.13. The standard InChI is InChI=1S/C19H19N3OS/c1-12-11-13(2)21-19(20-12)24-14(3)18(23)22-17-10-6-8-15-7-4-5-9-16(15)17/h4-11,14H,1-3H3,(H,22,23)/t14-/m0/s1. The van der Waals surface area contributed by atoms with E-state index >= 15 is 0 Å². The van der Waals surface area contributed by atoms with Crippen LogP contribution in [0.2, 0.25) is 0 Å². The largest absolute Gasteiger partial charge is 0.325 e. The molecule has 3 rings (SSSR count). The summed E-state index contributed by atoms with van der Waals surface area (Å²) in [5.74, 6) is -0.0564. The molecule has 0 unspecified atom stereocenters. The van der Waals surface area contributed by atoms with Gasteiger partial charge in [-0.05, 0) is 38.3 Å². The number of anilines is 1. The molecule has 4 nitrogen and oxygen atoms in total. The summed E-state index contributed by atoms with van der Waals surface area (Å²) < 4.78 is 0. The van der Waals surface area contributed by atoms with Gasteiger partial charge in [-0.2, -0.15) is 0 Å². The first-order valence-electron chi connectivity index (χ1n) is 7.80. The molecule has 1 N–H and O–H groups in total. The molecule has 1 atom stereocenters. The Hall–Kier alpha value is -2.40. The van der Waals surface area contributed by atoms with Crippen molar-refractivity contribution >= 4 is 34.1 Å². The molecule has 0 aliphatic carbocycles. The number of thioether (sulfide) groups is 1. The zero-order valence-electron chi connectivity index (χ0n) is 13.9. The second kappa shape index (κ2) is 7.01. The third-order valence-electron chi connectivity index (χ3n) is 3.66. The number of carbonyl (C=O) groups excluding carboxylic acids is 1. The highest BCUT2D eigenvalue weighted by atomic mass is 32.2. The summed E-state index contributed by atoms with van der Waals surface area (Å²) in [5.41, 5.74) is 2.64. The van der Waals surface area contributed by atoms with Crippen LogP contribution in [0, 0.1) is 13.8 Å². The molecular formula is C19H19N3OS. The van der Waals surface area contributed by atoms with Gasteiger partial charge in [0.2, 0.25) is 5.91 Å². The molecule has 1 heterocycles. The molecule has 0 bridgehead atoms. The van der Waals surface area contributed by atoms with Crippen molar-refractivity contribution in [2.45, 2.75) is 31.2 Å². The quantitative estimate of drug-likeness (QED) is 0.567. The lowest BCUT2D eigenvalue weighted by molar-refractivity contribution is -0.115. The smallest absolute Gasteiger partial charge is 0.237 e. The van der Waals surface area contributed by atoms with Crippen LogP contribution in [0.25, 0.3) is 10.8 Å². The summed E-state index contributed by atoms with van der Waals surface area (Å²) >= 11 is 1.37. The average Bonchev–Trinajstić information content (AvgIpc) is 2.54.